The number of carbonyl (C=O) groups excluding carboxylic acids is 1. The Morgan fingerprint density at radius 2 is 1.68 bits per heavy atom. The number of hydrogen-bond donors (Lipinski definition) is 2. The van der Waals surface area contributed by atoms with Gasteiger partial charge in [-0.3, -0.25) is 9.59 Å². The van der Waals surface area contributed by atoms with E-state index >= 15 is 0 Å². The van der Waals surface area contributed by atoms with Crippen molar-refractivity contribution in [1.82, 2.24) is 24.8 Å². The Morgan fingerprint density at radius 3 is 2.45 bits per heavy atom. The zero-order valence-electron chi connectivity index (χ0n) is 21.7. The molecule has 1 aliphatic heterocycles. The first-order chi connectivity index (χ1) is 18.5. The molecule has 194 valence electrons. The maximum atomic E-state index is 13.2. The molecule has 38 heavy (non-hydrogen) atoms. The summed E-state index contributed by atoms with van der Waals surface area (Å²) < 4.78 is 1.82. The van der Waals surface area contributed by atoms with Crippen molar-refractivity contribution in [2.24, 2.45) is 0 Å². The first-order valence-electron chi connectivity index (χ1n) is 13.1. The number of rotatable bonds is 5. The van der Waals surface area contributed by atoms with E-state index in [9.17, 15) is 9.59 Å². The van der Waals surface area contributed by atoms with Gasteiger partial charge in [-0.05, 0) is 73.8 Å². The van der Waals surface area contributed by atoms with Crippen LogP contribution in [0.4, 0.5) is 17.3 Å². The molecule has 0 atom stereocenters. The van der Waals surface area contributed by atoms with Crippen LogP contribution in [0.25, 0.3) is 16.7 Å². The maximum Gasteiger partial charge on any atom is 0.256 e. The molecule has 1 saturated heterocycles. The van der Waals surface area contributed by atoms with E-state index in [-0.39, 0.29) is 11.0 Å². The number of carbonyl (C=O) groups is 1. The van der Waals surface area contributed by atoms with Gasteiger partial charge in [0.15, 0.2) is 5.65 Å². The highest BCUT2D eigenvalue weighted by atomic mass is 16.2. The van der Waals surface area contributed by atoms with Crippen LogP contribution in [0.15, 0.2) is 59.7 Å². The van der Waals surface area contributed by atoms with Crippen molar-refractivity contribution in [2.45, 2.75) is 19.3 Å². The number of likely N-dealkylation sites (N-methyl/N-ethyl adjacent to an activating group) is 1. The number of nitrogens with one attached hydrogen (secondary N) is 2. The molecule has 2 N–H and O–H groups in total. The summed E-state index contributed by atoms with van der Waals surface area (Å²) in [6.45, 7) is 4.13. The molecule has 0 unspecified atom stereocenters. The van der Waals surface area contributed by atoms with Crippen molar-refractivity contribution in [1.29, 1.82) is 0 Å². The quantitative estimate of drug-likeness (QED) is 0.427. The molecule has 2 aromatic heterocycles. The van der Waals surface area contributed by atoms with E-state index in [2.05, 4.69) is 56.7 Å². The van der Waals surface area contributed by atoms with Gasteiger partial charge >= 0.3 is 0 Å². The van der Waals surface area contributed by atoms with Gasteiger partial charge in [0, 0.05) is 62.7 Å². The number of aryl methyl sites for hydroxylation is 2. The summed E-state index contributed by atoms with van der Waals surface area (Å²) in [4.78, 5) is 39.6. The smallest absolute Gasteiger partial charge is 0.256 e. The zero-order chi connectivity index (χ0) is 26.2. The van der Waals surface area contributed by atoms with E-state index in [1.54, 1.807) is 6.20 Å². The second-order valence-corrected chi connectivity index (χ2v) is 10.0. The van der Waals surface area contributed by atoms with Crippen LogP contribution in [-0.4, -0.2) is 65.6 Å². The van der Waals surface area contributed by atoms with E-state index in [0.29, 0.717) is 17.0 Å². The fraction of sp³-hybridized carbons (Fsp3) is 0.310. The molecule has 0 spiro atoms. The lowest BCUT2D eigenvalue weighted by molar-refractivity contribution is 0.0961. The van der Waals surface area contributed by atoms with Crippen LogP contribution >= 0.6 is 0 Å². The van der Waals surface area contributed by atoms with Crippen LogP contribution in [0.3, 0.4) is 0 Å². The number of anilines is 3. The fourth-order valence-corrected chi connectivity index (χ4v) is 5.32. The number of amides is 1. The average Bonchev–Trinajstić information content (AvgIpc) is 3.42. The largest absolute Gasteiger partial charge is 0.369 e. The Labute approximate surface area is 221 Å². The molecular formula is C29H31N7O2. The molecule has 0 bridgehead atoms. The topological polar surface area (TPSA) is 95.4 Å². The molecule has 2 aliphatic rings. The van der Waals surface area contributed by atoms with E-state index in [0.717, 1.165) is 56.8 Å². The van der Waals surface area contributed by atoms with Crippen LogP contribution in [0.1, 0.15) is 27.9 Å². The highest BCUT2D eigenvalue weighted by Gasteiger charge is 2.19. The number of pyridine rings is 1. The number of fused-ring (bicyclic) bond motifs is 2. The minimum Gasteiger partial charge on any atom is -0.369 e. The van der Waals surface area contributed by atoms with E-state index in [1.807, 2.05) is 22.8 Å². The standard InChI is InChI=1S/C29H31N7O2/c1-30-28(38)25-18-36(23-9-6-19-4-3-5-20(19)16-23)27-24(26(25)37)17-31-29(33-27)32-21-7-10-22(11-8-21)35-14-12-34(2)13-15-35/h6-11,16-18H,3-5,12-15H2,1-2H3,(H,30,38)(H,31,32,33). The molecule has 9 nitrogen and oxygen atoms in total. The molecule has 4 aromatic rings. The van der Waals surface area contributed by atoms with Crippen molar-refractivity contribution in [3.63, 3.8) is 0 Å². The average molecular weight is 510 g/mol. The second-order valence-electron chi connectivity index (χ2n) is 10.0. The number of benzene rings is 2. The fourth-order valence-electron chi connectivity index (χ4n) is 5.32. The van der Waals surface area contributed by atoms with Gasteiger partial charge in [-0.2, -0.15) is 4.98 Å². The molecule has 1 amide bonds. The van der Waals surface area contributed by atoms with Crippen LogP contribution in [0.5, 0.6) is 0 Å². The lowest BCUT2D eigenvalue weighted by Gasteiger charge is -2.34. The summed E-state index contributed by atoms with van der Waals surface area (Å²) in [5.74, 6) is -0.0543. The van der Waals surface area contributed by atoms with Gasteiger partial charge in [0.05, 0.1) is 5.39 Å². The third-order valence-electron chi connectivity index (χ3n) is 7.57. The van der Waals surface area contributed by atoms with Gasteiger partial charge in [-0.25, -0.2) is 4.98 Å². The number of nitrogens with zero attached hydrogens (tertiary/aromatic N) is 5. The minimum absolute atomic E-state index is 0.0595. The van der Waals surface area contributed by atoms with E-state index in [1.165, 1.54) is 30.1 Å². The predicted molar refractivity (Wildman–Crippen MR) is 150 cm³/mol. The second kappa shape index (κ2) is 9.90. The summed E-state index contributed by atoms with van der Waals surface area (Å²) in [6, 6.07) is 14.5. The van der Waals surface area contributed by atoms with E-state index < -0.39 is 5.91 Å². The number of hydrogen-bond acceptors (Lipinski definition) is 7. The first-order valence-corrected chi connectivity index (χ1v) is 13.1. The Balaban J connectivity index is 1.36. The van der Waals surface area contributed by atoms with Gasteiger partial charge in [-0.1, -0.05) is 6.07 Å². The van der Waals surface area contributed by atoms with Gasteiger partial charge in [0.1, 0.15) is 5.56 Å². The number of piperazine rings is 1. The van der Waals surface area contributed by atoms with Gasteiger partial charge < -0.3 is 25.0 Å². The van der Waals surface area contributed by atoms with Crippen molar-refractivity contribution in [3.05, 3.63) is 81.8 Å². The third kappa shape index (κ3) is 4.50. The summed E-state index contributed by atoms with van der Waals surface area (Å²) >= 11 is 0. The monoisotopic (exact) mass is 509 g/mol. The molecule has 9 heteroatoms. The van der Waals surface area contributed by atoms with Crippen LogP contribution in [0, 0.1) is 0 Å². The minimum atomic E-state index is -0.436. The molecule has 6 rings (SSSR count). The molecule has 3 heterocycles. The van der Waals surface area contributed by atoms with Crippen LogP contribution in [0.2, 0.25) is 0 Å². The third-order valence-corrected chi connectivity index (χ3v) is 7.57. The SMILES string of the molecule is CNC(=O)c1cn(-c2ccc3c(c2)CCC3)c2nc(Nc3ccc(N4CCN(C)CC4)cc3)ncc2c1=O. The van der Waals surface area contributed by atoms with Crippen molar-refractivity contribution in [2.75, 3.05) is 50.5 Å². The van der Waals surface area contributed by atoms with Crippen LogP contribution in [-0.2, 0) is 12.8 Å². The lowest BCUT2D eigenvalue weighted by atomic mass is 10.1. The zero-order valence-corrected chi connectivity index (χ0v) is 21.7. The first kappa shape index (κ1) is 24.1. The predicted octanol–water partition coefficient (Wildman–Crippen LogP) is 3.12. The van der Waals surface area contributed by atoms with Crippen LogP contribution < -0.4 is 21.0 Å². The summed E-state index contributed by atoms with van der Waals surface area (Å²) in [7, 11) is 3.67. The van der Waals surface area contributed by atoms with Gasteiger partial charge in [0.25, 0.3) is 5.91 Å². The molecular weight excluding hydrogens is 478 g/mol. The molecule has 2 aromatic carbocycles. The van der Waals surface area contributed by atoms with Gasteiger partial charge in [-0.15, -0.1) is 0 Å². The normalized spacial score (nSPS) is 15.5. The highest BCUT2D eigenvalue weighted by molar-refractivity contribution is 5.97. The number of aromatic nitrogens is 3. The summed E-state index contributed by atoms with van der Waals surface area (Å²) in [5.41, 5.74) is 5.68. The van der Waals surface area contributed by atoms with Gasteiger partial charge in [0.2, 0.25) is 11.4 Å². The van der Waals surface area contributed by atoms with Crippen molar-refractivity contribution < 1.29 is 4.79 Å². The molecule has 1 aliphatic carbocycles. The maximum absolute atomic E-state index is 13.2. The summed E-state index contributed by atoms with van der Waals surface area (Å²) in [6.07, 6.45) is 6.32. The Morgan fingerprint density at radius 1 is 0.947 bits per heavy atom. The molecule has 0 radical (unpaired) electrons. The van der Waals surface area contributed by atoms with Crippen molar-refractivity contribution in [3.8, 4) is 5.69 Å². The van der Waals surface area contributed by atoms with E-state index in [4.69, 9.17) is 4.98 Å². The lowest BCUT2D eigenvalue weighted by Crippen LogP contribution is -2.44. The van der Waals surface area contributed by atoms with Crippen molar-refractivity contribution >= 4 is 34.3 Å². The molecule has 1 fully saturated rings. The Kier molecular flexibility index (Phi) is 6.29. The summed E-state index contributed by atoms with van der Waals surface area (Å²) in [5, 5.41) is 6.14. The molecule has 0 saturated carbocycles. The Hall–Kier alpha value is -4.24. The Bertz CT molecular complexity index is 1570. The highest BCUT2D eigenvalue weighted by Crippen LogP contribution is 2.27.